The van der Waals surface area contributed by atoms with Gasteiger partial charge in [0.1, 0.15) is 0 Å². The van der Waals surface area contributed by atoms with Crippen molar-refractivity contribution < 1.29 is 4.79 Å². The van der Waals surface area contributed by atoms with Gasteiger partial charge in [-0.15, -0.1) is 0 Å². The fourth-order valence-corrected chi connectivity index (χ4v) is 3.16. The fraction of sp³-hybridized carbons (Fsp3) is 0.933. The Bertz CT molecular complexity index is 269. The number of hydrogen-bond acceptors (Lipinski definition) is 3. The van der Waals surface area contributed by atoms with Crippen LogP contribution in [0.5, 0.6) is 0 Å². The lowest BCUT2D eigenvalue weighted by Crippen LogP contribution is -2.47. The minimum Gasteiger partial charge on any atom is -0.355 e. The van der Waals surface area contributed by atoms with E-state index in [4.69, 9.17) is 0 Å². The summed E-state index contributed by atoms with van der Waals surface area (Å²) in [6, 6.07) is 0. The molecule has 0 atom stereocenters. The van der Waals surface area contributed by atoms with Crippen LogP contribution in [-0.4, -0.2) is 50.1 Å². The van der Waals surface area contributed by atoms with E-state index in [-0.39, 0.29) is 5.91 Å². The van der Waals surface area contributed by atoms with Crippen LogP contribution in [0.3, 0.4) is 0 Å². The Morgan fingerprint density at radius 1 is 1.21 bits per heavy atom. The van der Waals surface area contributed by atoms with E-state index in [0.717, 1.165) is 44.6 Å². The predicted molar refractivity (Wildman–Crippen MR) is 78.1 cm³/mol. The number of rotatable bonds is 5. The molecule has 0 aromatic rings. The molecule has 4 nitrogen and oxygen atoms in total. The first-order valence-corrected chi connectivity index (χ1v) is 7.94. The Labute approximate surface area is 117 Å². The van der Waals surface area contributed by atoms with Crippen LogP contribution < -0.4 is 10.6 Å². The molecule has 2 rings (SSSR count). The minimum atomic E-state index is 0.200. The monoisotopic (exact) mass is 267 g/mol. The Morgan fingerprint density at radius 3 is 2.58 bits per heavy atom. The Hall–Kier alpha value is -0.610. The molecule has 0 unspecified atom stereocenters. The van der Waals surface area contributed by atoms with Crippen LogP contribution in [0.25, 0.3) is 0 Å². The Balaban J connectivity index is 1.53. The van der Waals surface area contributed by atoms with E-state index < -0.39 is 0 Å². The SMILES string of the molecule is CC1CCC(CCNC(=O)CN2CCNCC2)CC1. The maximum Gasteiger partial charge on any atom is 0.234 e. The summed E-state index contributed by atoms with van der Waals surface area (Å²) in [5.41, 5.74) is 0. The largest absolute Gasteiger partial charge is 0.355 e. The van der Waals surface area contributed by atoms with E-state index in [2.05, 4.69) is 22.5 Å². The smallest absolute Gasteiger partial charge is 0.234 e. The van der Waals surface area contributed by atoms with Gasteiger partial charge in [0.2, 0.25) is 5.91 Å². The molecule has 1 amide bonds. The zero-order valence-corrected chi connectivity index (χ0v) is 12.3. The van der Waals surface area contributed by atoms with Crippen molar-refractivity contribution in [3.05, 3.63) is 0 Å². The van der Waals surface area contributed by atoms with Crippen LogP contribution in [0.2, 0.25) is 0 Å². The molecular weight excluding hydrogens is 238 g/mol. The van der Waals surface area contributed by atoms with Gasteiger partial charge < -0.3 is 10.6 Å². The summed E-state index contributed by atoms with van der Waals surface area (Å²) in [5, 5.41) is 6.39. The maximum absolute atomic E-state index is 11.8. The molecule has 19 heavy (non-hydrogen) atoms. The summed E-state index contributed by atoms with van der Waals surface area (Å²) >= 11 is 0. The van der Waals surface area contributed by atoms with Crippen molar-refractivity contribution in [3.63, 3.8) is 0 Å². The molecule has 0 spiro atoms. The summed E-state index contributed by atoms with van der Waals surface area (Å²) in [5.74, 6) is 1.96. The molecule has 0 bridgehead atoms. The highest BCUT2D eigenvalue weighted by Crippen LogP contribution is 2.29. The molecule has 0 aromatic carbocycles. The third kappa shape index (κ3) is 5.49. The van der Waals surface area contributed by atoms with Crippen LogP contribution >= 0.6 is 0 Å². The highest BCUT2D eigenvalue weighted by Gasteiger charge is 2.18. The topological polar surface area (TPSA) is 44.4 Å². The van der Waals surface area contributed by atoms with Crippen LogP contribution in [0, 0.1) is 11.8 Å². The third-order valence-corrected chi connectivity index (χ3v) is 4.59. The number of nitrogens with zero attached hydrogens (tertiary/aromatic N) is 1. The molecule has 2 N–H and O–H groups in total. The molecule has 4 heteroatoms. The average molecular weight is 267 g/mol. The van der Waals surface area contributed by atoms with Gasteiger partial charge in [-0.3, -0.25) is 9.69 Å². The quantitative estimate of drug-likeness (QED) is 0.787. The van der Waals surface area contributed by atoms with E-state index in [0.29, 0.717) is 6.54 Å². The fourth-order valence-electron chi connectivity index (χ4n) is 3.16. The number of hydrogen-bond donors (Lipinski definition) is 2. The minimum absolute atomic E-state index is 0.200. The van der Waals surface area contributed by atoms with Crippen LogP contribution in [0.15, 0.2) is 0 Å². The molecule has 1 saturated carbocycles. The standard InChI is InChI=1S/C15H29N3O/c1-13-2-4-14(5-3-13)6-7-17-15(19)12-18-10-8-16-9-11-18/h13-14,16H,2-12H2,1H3,(H,17,19). The molecule has 1 saturated heterocycles. The zero-order chi connectivity index (χ0) is 13.5. The maximum atomic E-state index is 11.8. The zero-order valence-electron chi connectivity index (χ0n) is 12.3. The van der Waals surface area contributed by atoms with E-state index in [1.165, 1.54) is 32.1 Å². The first-order valence-electron chi connectivity index (χ1n) is 7.94. The van der Waals surface area contributed by atoms with Crippen molar-refractivity contribution in [2.24, 2.45) is 11.8 Å². The van der Waals surface area contributed by atoms with E-state index in [1.807, 2.05) is 0 Å². The summed E-state index contributed by atoms with van der Waals surface area (Å²) in [7, 11) is 0. The Morgan fingerprint density at radius 2 is 1.89 bits per heavy atom. The second-order valence-electron chi connectivity index (χ2n) is 6.29. The van der Waals surface area contributed by atoms with Gasteiger partial charge in [-0.05, 0) is 18.3 Å². The van der Waals surface area contributed by atoms with Crippen molar-refractivity contribution in [2.45, 2.75) is 39.0 Å². The second kappa shape index (κ2) is 7.85. The van der Waals surface area contributed by atoms with Gasteiger partial charge >= 0.3 is 0 Å². The highest BCUT2D eigenvalue weighted by atomic mass is 16.2. The number of carbonyl (C=O) groups excluding carboxylic acids is 1. The highest BCUT2D eigenvalue weighted by molar-refractivity contribution is 5.77. The van der Waals surface area contributed by atoms with Gasteiger partial charge in [0.25, 0.3) is 0 Å². The van der Waals surface area contributed by atoms with Crippen LogP contribution in [0.4, 0.5) is 0 Å². The lowest BCUT2D eigenvalue weighted by atomic mass is 9.81. The van der Waals surface area contributed by atoms with Gasteiger partial charge in [0.05, 0.1) is 6.54 Å². The van der Waals surface area contributed by atoms with Crippen molar-refractivity contribution >= 4 is 5.91 Å². The molecule has 1 aliphatic heterocycles. The number of piperazine rings is 1. The molecule has 1 aliphatic carbocycles. The van der Waals surface area contributed by atoms with Crippen LogP contribution in [0.1, 0.15) is 39.0 Å². The number of carbonyl (C=O) groups is 1. The van der Waals surface area contributed by atoms with Gasteiger partial charge in [0.15, 0.2) is 0 Å². The summed E-state index contributed by atoms with van der Waals surface area (Å²) in [6.07, 6.45) is 6.63. The number of amides is 1. The molecule has 110 valence electrons. The first-order chi connectivity index (χ1) is 9.24. The van der Waals surface area contributed by atoms with Crippen molar-refractivity contribution in [2.75, 3.05) is 39.3 Å². The summed E-state index contributed by atoms with van der Waals surface area (Å²) in [6.45, 7) is 7.79. The summed E-state index contributed by atoms with van der Waals surface area (Å²) < 4.78 is 0. The van der Waals surface area contributed by atoms with Crippen molar-refractivity contribution in [1.82, 2.24) is 15.5 Å². The van der Waals surface area contributed by atoms with Gasteiger partial charge in [-0.1, -0.05) is 32.6 Å². The van der Waals surface area contributed by atoms with E-state index in [1.54, 1.807) is 0 Å². The molecule has 0 radical (unpaired) electrons. The van der Waals surface area contributed by atoms with E-state index >= 15 is 0 Å². The lowest BCUT2D eigenvalue weighted by Gasteiger charge is -2.27. The molecular formula is C15H29N3O. The van der Waals surface area contributed by atoms with Gasteiger partial charge in [-0.2, -0.15) is 0 Å². The molecule has 1 heterocycles. The molecule has 2 aliphatic rings. The predicted octanol–water partition coefficient (Wildman–Crippen LogP) is 1.22. The van der Waals surface area contributed by atoms with Crippen molar-refractivity contribution in [3.8, 4) is 0 Å². The summed E-state index contributed by atoms with van der Waals surface area (Å²) in [4.78, 5) is 14.1. The van der Waals surface area contributed by atoms with E-state index in [9.17, 15) is 4.79 Å². The molecule has 2 fully saturated rings. The first kappa shape index (κ1) is 14.8. The second-order valence-corrected chi connectivity index (χ2v) is 6.29. The third-order valence-electron chi connectivity index (χ3n) is 4.59. The van der Waals surface area contributed by atoms with Gasteiger partial charge in [0, 0.05) is 32.7 Å². The normalized spacial score (nSPS) is 29.1. The lowest BCUT2D eigenvalue weighted by molar-refractivity contribution is -0.122. The Kier molecular flexibility index (Phi) is 6.11. The average Bonchev–Trinajstić information content (AvgIpc) is 2.42. The van der Waals surface area contributed by atoms with Crippen molar-refractivity contribution in [1.29, 1.82) is 0 Å². The van der Waals surface area contributed by atoms with Gasteiger partial charge in [-0.25, -0.2) is 0 Å². The van der Waals surface area contributed by atoms with Crippen LogP contribution in [-0.2, 0) is 4.79 Å². The molecule has 0 aromatic heterocycles. The number of nitrogens with one attached hydrogen (secondary N) is 2.